The van der Waals surface area contributed by atoms with Gasteiger partial charge in [-0.05, 0) is 28.9 Å². The highest BCUT2D eigenvalue weighted by Crippen LogP contribution is 2.38. The lowest BCUT2D eigenvalue weighted by atomic mass is 10.0. The number of hydroxylamine groups is 2. The fraction of sp³-hybridized carbons (Fsp3) is 0.0588. The van der Waals surface area contributed by atoms with Gasteiger partial charge >= 0.3 is 11.8 Å². The first-order valence-electron chi connectivity index (χ1n) is 7.25. The number of nitrogens with two attached hydrogens (primary N) is 1. The van der Waals surface area contributed by atoms with Crippen LogP contribution in [0.2, 0.25) is 5.02 Å². The van der Waals surface area contributed by atoms with Crippen LogP contribution in [0.1, 0.15) is 21.5 Å². The van der Waals surface area contributed by atoms with Gasteiger partial charge in [-0.25, -0.2) is 9.18 Å². The van der Waals surface area contributed by atoms with Crippen LogP contribution in [0.5, 0.6) is 0 Å². The van der Waals surface area contributed by atoms with Gasteiger partial charge in [-0.1, -0.05) is 23.7 Å². The maximum absolute atomic E-state index is 14.4. The zero-order valence-electron chi connectivity index (χ0n) is 12.8. The zero-order valence-corrected chi connectivity index (χ0v) is 13.6. The summed E-state index contributed by atoms with van der Waals surface area (Å²) in [5.74, 6) is -3.08. The molecule has 1 unspecified atom stereocenters. The number of aliphatic hydroxyl groups excluding tert-OH is 1. The molecule has 3 rings (SSSR count). The molecule has 1 atom stereocenters. The molecule has 1 aliphatic rings. The lowest BCUT2D eigenvalue weighted by Crippen LogP contribution is -2.53. The predicted molar refractivity (Wildman–Crippen MR) is 91.2 cm³/mol. The highest BCUT2D eigenvalue weighted by molar-refractivity contribution is 6.31. The van der Waals surface area contributed by atoms with Gasteiger partial charge in [-0.3, -0.25) is 5.41 Å². The molecular formula is C17H14ClFN3O3+. The van der Waals surface area contributed by atoms with Gasteiger partial charge in [0.25, 0.3) is 0 Å². The van der Waals surface area contributed by atoms with E-state index in [0.29, 0.717) is 5.56 Å². The van der Waals surface area contributed by atoms with Crippen molar-refractivity contribution in [2.75, 3.05) is 0 Å². The third-order valence-corrected chi connectivity index (χ3v) is 4.26. The minimum Gasteiger partial charge on any atom is -0.465 e. The second kappa shape index (κ2) is 5.96. The maximum atomic E-state index is 14.4. The number of benzene rings is 2. The van der Waals surface area contributed by atoms with Crippen molar-refractivity contribution in [3.63, 3.8) is 0 Å². The molecule has 0 aromatic heterocycles. The maximum Gasteiger partial charge on any atom is 0.391 e. The number of amidine groups is 1. The average molecular weight is 363 g/mol. The topological polar surface area (TPSA) is 107 Å². The molecule has 2 aromatic carbocycles. The number of aliphatic hydroxyl groups is 1. The third kappa shape index (κ3) is 2.58. The summed E-state index contributed by atoms with van der Waals surface area (Å²) in [6, 6.07) is 8.01. The Balaban J connectivity index is 2.25. The van der Waals surface area contributed by atoms with Crippen LogP contribution in [-0.2, 0) is 6.42 Å². The molecule has 1 heterocycles. The van der Waals surface area contributed by atoms with Crippen LogP contribution in [0.4, 0.5) is 10.1 Å². The monoisotopic (exact) mass is 362 g/mol. The lowest BCUT2D eigenvalue weighted by molar-refractivity contribution is -0.0583. The number of allylic oxidation sites excluding steroid dienone is 1. The highest BCUT2D eigenvalue weighted by Gasteiger charge is 2.51. The van der Waals surface area contributed by atoms with E-state index in [1.165, 1.54) is 30.3 Å². The number of hydrogen-bond acceptors (Lipinski definition) is 4. The molecule has 0 fully saturated rings. The van der Waals surface area contributed by atoms with Gasteiger partial charge in [-0.2, -0.15) is 5.21 Å². The SMILES string of the molecule is N=C(N)c1cc(Cl)ccc1C(=O)[N+]1(O)C(O)=CCc2cccc(F)c21. The second-order valence-electron chi connectivity index (χ2n) is 5.56. The number of halogens is 2. The Hall–Kier alpha value is -2.74. The number of nitrogens with one attached hydrogen (secondary N) is 1. The van der Waals surface area contributed by atoms with E-state index < -0.39 is 28.1 Å². The standard InChI is InChI=1S/C17H13ClFN3O3/c18-10-5-6-11(12(8-10)16(20)21)17(24)22(25)14(23)7-4-9-2-1-3-13(19)15(9)22/h1-3,5-8,25H,4H2,(H3-,20,21,23)/p+1. The number of hydrogen-bond donors (Lipinski definition) is 4. The Bertz CT molecular complexity index is 945. The fourth-order valence-corrected chi connectivity index (χ4v) is 3.01. The van der Waals surface area contributed by atoms with Crippen molar-refractivity contribution < 1.29 is 19.5 Å². The number of carbonyl (C=O) groups excluding carboxylic acids is 1. The van der Waals surface area contributed by atoms with E-state index in [1.807, 2.05) is 0 Å². The first-order valence-corrected chi connectivity index (χ1v) is 7.63. The van der Waals surface area contributed by atoms with Crippen LogP contribution in [-0.4, -0.2) is 22.1 Å². The Morgan fingerprint density at radius 3 is 2.68 bits per heavy atom. The van der Waals surface area contributed by atoms with Gasteiger partial charge in [-0.15, -0.1) is 0 Å². The van der Waals surface area contributed by atoms with Crippen LogP contribution in [0.3, 0.4) is 0 Å². The van der Waals surface area contributed by atoms with Gasteiger partial charge in [0.1, 0.15) is 5.84 Å². The molecule has 0 saturated carbocycles. The number of nitrogens with zero attached hydrogens (tertiary/aromatic N) is 1. The fourth-order valence-electron chi connectivity index (χ4n) is 2.84. The van der Waals surface area contributed by atoms with E-state index >= 15 is 0 Å². The van der Waals surface area contributed by atoms with Crippen LogP contribution >= 0.6 is 11.6 Å². The summed E-state index contributed by atoms with van der Waals surface area (Å²) in [6.45, 7) is 0. The summed E-state index contributed by atoms with van der Waals surface area (Å²) < 4.78 is 12.6. The van der Waals surface area contributed by atoms with E-state index in [2.05, 4.69) is 0 Å². The van der Waals surface area contributed by atoms with Crippen molar-refractivity contribution in [1.82, 2.24) is 4.65 Å². The normalized spacial score (nSPS) is 19.1. The molecule has 128 valence electrons. The first-order chi connectivity index (χ1) is 11.8. The van der Waals surface area contributed by atoms with Gasteiger partial charge in [0.15, 0.2) is 5.82 Å². The Morgan fingerprint density at radius 1 is 1.28 bits per heavy atom. The van der Waals surface area contributed by atoms with Crippen LogP contribution in [0, 0.1) is 11.2 Å². The van der Waals surface area contributed by atoms with Crippen molar-refractivity contribution in [2.45, 2.75) is 6.42 Å². The number of nitrogen functional groups attached to an aromatic ring is 1. The number of quaternary nitrogens is 1. The van der Waals surface area contributed by atoms with Gasteiger partial charge in [0.05, 0.1) is 5.56 Å². The summed E-state index contributed by atoms with van der Waals surface area (Å²) in [5.41, 5.74) is 5.28. The van der Waals surface area contributed by atoms with Crippen LogP contribution in [0.25, 0.3) is 0 Å². The molecule has 0 saturated heterocycles. The van der Waals surface area contributed by atoms with Crippen molar-refractivity contribution in [3.8, 4) is 0 Å². The van der Waals surface area contributed by atoms with Crippen molar-refractivity contribution in [3.05, 3.63) is 75.9 Å². The molecule has 0 radical (unpaired) electrons. The molecule has 0 bridgehead atoms. The van der Waals surface area contributed by atoms with Gasteiger partial charge in [0.2, 0.25) is 5.69 Å². The first kappa shape index (κ1) is 17.1. The van der Waals surface area contributed by atoms with E-state index in [-0.39, 0.29) is 28.3 Å². The van der Waals surface area contributed by atoms with E-state index in [0.717, 1.165) is 6.07 Å². The molecule has 6 nitrogen and oxygen atoms in total. The predicted octanol–water partition coefficient (Wildman–Crippen LogP) is 3.26. The van der Waals surface area contributed by atoms with E-state index in [4.69, 9.17) is 22.7 Å². The molecular weight excluding hydrogens is 349 g/mol. The van der Waals surface area contributed by atoms with Crippen LogP contribution in [0.15, 0.2) is 48.4 Å². The van der Waals surface area contributed by atoms with Crippen LogP contribution < -0.4 is 10.4 Å². The molecule has 8 heteroatoms. The quantitative estimate of drug-likeness (QED) is 0.284. The molecule has 0 aliphatic carbocycles. The molecule has 1 amide bonds. The minimum absolute atomic E-state index is 0.0275. The summed E-state index contributed by atoms with van der Waals surface area (Å²) in [6.07, 6.45) is 1.38. The van der Waals surface area contributed by atoms with E-state index in [9.17, 15) is 19.5 Å². The second-order valence-corrected chi connectivity index (χ2v) is 5.99. The zero-order chi connectivity index (χ0) is 18.4. The van der Waals surface area contributed by atoms with Crippen molar-refractivity contribution in [2.24, 2.45) is 5.73 Å². The molecule has 2 aromatic rings. The average Bonchev–Trinajstić information content (AvgIpc) is 2.57. The number of para-hydroxylation sites is 1. The lowest BCUT2D eigenvalue weighted by Gasteiger charge is -2.29. The minimum atomic E-state index is -1.77. The largest absolute Gasteiger partial charge is 0.465 e. The number of amides is 1. The number of rotatable bonds is 2. The summed E-state index contributed by atoms with van der Waals surface area (Å²) in [4.78, 5) is 13.0. The molecule has 5 N–H and O–H groups in total. The summed E-state index contributed by atoms with van der Waals surface area (Å²) >= 11 is 5.87. The van der Waals surface area contributed by atoms with Gasteiger partial charge < -0.3 is 10.8 Å². The number of fused-ring (bicyclic) bond motifs is 1. The van der Waals surface area contributed by atoms with Crippen molar-refractivity contribution in [1.29, 1.82) is 5.41 Å². The highest BCUT2D eigenvalue weighted by atomic mass is 35.5. The van der Waals surface area contributed by atoms with Crippen molar-refractivity contribution >= 4 is 29.0 Å². The third-order valence-electron chi connectivity index (χ3n) is 4.03. The number of carbonyl (C=O) groups is 1. The Morgan fingerprint density at radius 2 is 2.00 bits per heavy atom. The Kier molecular flexibility index (Phi) is 4.08. The molecule has 25 heavy (non-hydrogen) atoms. The van der Waals surface area contributed by atoms with E-state index in [1.54, 1.807) is 6.07 Å². The van der Waals surface area contributed by atoms with Gasteiger partial charge in [0, 0.05) is 28.6 Å². The summed E-state index contributed by atoms with van der Waals surface area (Å²) in [7, 11) is 0. The molecule has 0 spiro atoms. The summed E-state index contributed by atoms with van der Waals surface area (Å²) in [5, 5.41) is 29.0. The Labute approximate surface area is 147 Å². The smallest absolute Gasteiger partial charge is 0.391 e. The molecule has 1 aliphatic heterocycles.